The maximum atomic E-state index is 12.8. The maximum absolute atomic E-state index is 12.8. The lowest BCUT2D eigenvalue weighted by molar-refractivity contribution is -0.155. The van der Waals surface area contributed by atoms with E-state index >= 15 is 0 Å². The molecule has 0 saturated carbocycles. The summed E-state index contributed by atoms with van der Waals surface area (Å²) in [5.74, 6) is -1.24. The molecule has 2 atom stereocenters. The summed E-state index contributed by atoms with van der Waals surface area (Å²) >= 11 is 0. The Hall–Kier alpha value is -3.95. The van der Waals surface area contributed by atoms with Crippen LogP contribution in [0.15, 0.2) is 60.7 Å². The lowest BCUT2D eigenvalue weighted by atomic mass is 9.88. The van der Waals surface area contributed by atoms with Crippen LogP contribution in [0.5, 0.6) is 5.75 Å². The van der Waals surface area contributed by atoms with Crippen molar-refractivity contribution in [3.8, 4) is 5.75 Å². The predicted octanol–water partition coefficient (Wildman–Crippen LogP) is 2.33. The van der Waals surface area contributed by atoms with Crippen LogP contribution in [0.4, 0.5) is 0 Å². The summed E-state index contributed by atoms with van der Waals surface area (Å²) in [5, 5.41) is 10.1. The van der Waals surface area contributed by atoms with Crippen LogP contribution in [0.2, 0.25) is 0 Å². The number of likely N-dealkylation sites (N-methyl/N-ethyl adjacent to an activating group) is 1. The summed E-state index contributed by atoms with van der Waals surface area (Å²) in [6, 6.07) is 17.3. The van der Waals surface area contributed by atoms with Gasteiger partial charge in [-0.2, -0.15) is 0 Å². The fourth-order valence-corrected chi connectivity index (χ4v) is 4.53. The maximum Gasteiger partial charge on any atom is 0.262 e. The van der Waals surface area contributed by atoms with Crippen LogP contribution in [0.3, 0.4) is 0 Å². The van der Waals surface area contributed by atoms with Crippen LogP contribution in [-0.4, -0.2) is 46.1 Å². The Morgan fingerprint density at radius 1 is 1.29 bits per heavy atom. The fourth-order valence-electron chi connectivity index (χ4n) is 4.53. The molecule has 1 saturated heterocycles. The molecule has 1 fully saturated rings. The van der Waals surface area contributed by atoms with Crippen molar-refractivity contribution in [2.24, 2.45) is 5.92 Å². The first kappa shape index (κ1) is 21.9. The van der Waals surface area contributed by atoms with Gasteiger partial charge in [-0.3, -0.25) is 30.1 Å². The first-order chi connectivity index (χ1) is 16.4. The number of hydrogen-bond donors (Lipinski definition) is 3. The zero-order valence-corrected chi connectivity index (χ0v) is 18.7. The molecule has 5 rings (SSSR count). The second kappa shape index (κ2) is 8.44. The smallest absolute Gasteiger partial charge is 0.262 e. The molecule has 1 spiro atoms. The van der Waals surface area contributed by atoms with E-state index in [2.05, 4.69) is 10.5 Å². The first-order valence-corrected chi connectivity index (χ1v) is 10.9. The molecule has 0 aliphatic carbocycles. The Morgan fingerprint density at radius 2 is 2.06 bits per heavy atom. The highest BCUT2D eigenvalue weighted by Crippen LogP contribution is 2.39. The Balaban J connectivity index is 1.34. The lowest BCUT2D eigenvalue weighted by Gasteiger charge is -2.22. The SMILES string of the molecule is Cc1cc(COc2ccc(C3=CC4(ON3)C(=O)N(C)CC4C(=O)NO)cc2)c2ccccc2n1. The summed E-state index contributed by atoms with van der Waals surface area (Å²) in [7, 11) is 1.59. The van der Waals surface area contributed by atoms with Crippen molar-refractivity contribution in [3.63, 3.8) is 0 Å². The molecule has 2 unspecified atom stereocenters. The summed E-state index contributed by atoms with van der Waals surface area (Å²) in [6.07, 6.45) is 1.60. The largest absolute Gasteiger partial charge is 0.489 e. The number of likely N-dealkylation sites (tertiary alicyclic amines) is 1. The fraction of sp³-hybridized carbons (Fsp3) is 0.240. The lowest BCUT2D eigenvalue weighted by Crippen LogP contribution is -2.48. The van der Waals surface area contributed by atoms with Crippen LogP contribution in [0.1, 0.15) is 16.8 Å². The Bertz CT molecular complexity index is 1310. The number of benzene rings is 2. The first-order valence-electron chi connectivity index (χ1n) is 10.9. The van der Waals surface area contributed by atoms with Crippen molar-refractivity contribution in [3.05, 3.63) is 77.5 Å². The van der Waals surface area contributed by atoms with E-state index in [1.54, 1.807) is 18.6 Å². The number of amides is 2. The third-order valence-corrected chi connectivity index (χ3v) is 6.26. The highest BCUT2D eigenvalue weighted by molar-refractivity contribution is 5.99. The van der Waals surface area contributed by atoms with E-state index in [1.165, 1.54) is 4.90 Å². The minimum Gasteiger partial charge on any atom is -0.489 e. The number of para-hydroxylation sites is 1. The molecule has 2 amide bonds. The zero-order valence-electron chi connectivity index (χ0n) is 18.7. The van der Waals surface area contributed by atoms with E-state index in [9.17, 15) is 9.59 Å². The molecule has 2 aliphatic rings. The molecule has 0 radical (unpaired) electrons. The molecule has 3 N–H and O–H groups in total. The number of rotatable bonds is 5. The number of nitrogens with zero attached hydrogens (tertiary/aromatic N) is 2. The molecule has 3 heterocycles. The van der Waals surface area contributed by atoms with Crippen LogP contribution in [-0.2, 0) is 21.0 Å². The minimum atomic E-state index is -1.51. The number of ether oxygens (including phenoxy) is 1. The number of hydrogen-bond acceptors (Lipinski definition) is 7. The average molecular weight is 460 g/mol. The van der Waals surface area contributed by atoms with Gasteiger partial charge in [0, 0.05) is 30.2 Å². The molecule has 1 aromatic heterocycles. The summed E-state index contributed by atoms with van der Waals surface area (Å²) in [4.78, 5) is 36.5. The van der Waals surface area contributed by atoms with E-state index < -0.39 is 17.4 Å². The minimum absolute atomic E-state index is 0.132. The van der Waals surface area contributed by atoms with Crippen molar-refractivity contribution in [2.45, 2.75) is 19.1 Å². The number of carbonyl (C=O) groups is 2. The summed E-state index contributed by atoms with van der Waals surface area (Å²) in [6.45, 7) is 2.49. The van der Waals surface area contributed by atoms with Gasteiger partial charge in [0.05, 0.1) is 11.2 Å². The van der Waals surface area contributed by atoms with Gasteiger partial charge >= 0.3 is 0 Å². The average Bonchev–Trinajstić information content (AvgIpc) is 3.40. The highest BCUT2D eigenvalue weighted by Gasteiger charge is 2.59. The number of nitrogens with one attached hydrogen (secondary N) is 2. The van der Waals surface area contributed by atoms with E-state index in [0.717, 1.165) is 27.7 Å². The molecule has 2 aromatic carbocycles. The second-order valence-electron chi connectivity index (χ2n) is 8.52. The quantitative estimate of drug-likeness (QED) is 0.396. The number of carbonyl (C=O) groups excluding carboxylic acids is 2. The van der Waals surface area contributed by atoms with Gasteiger partial charge in [0.2, 0.25) is 5.60 Å². The topological polar surface area (TPSA) is 113 Å². The molecule has 9 nitrogen and oxygen atoms in total. The standard InChI is InChI=1S/C25H24N4O5/c1-15-11-17(19-5-3-4-6-21(19)26-15)14-33-18-9-7-16(8-10-18)22-12-25(34-28-22)20(23(30)27-32)13-29(2)24(25)31/h3-12,20,28,32H,13-14H2,1-2H3,(H,27,30). The number of pyridine rings is 1. The van der Waals surface area contributed by atoms with Crippen LogP contribution in [0.25, 0.3) is 16.6 Å². The Kier molecular flexibility index (Phi) is 5.43. The van der Waals surface area contributed by atoms with Gasteiger partial charge in [0.1, 0.15) is 18.3 Å². The van der Waals surface area contributed by atoms with Gasteiger partial charge in [0.25, 0.3) is 11.8 Å². The number of aryl methyl sites for hydroxylation is 1. The highest BCUT2D eigenvalue weighted by atomic mass is 16.7. The van der Waals surface area contributed by atoms with Gasteiger partial charge < -0.3 is 9.64 Å². The third-order valence-electron chi connectivity index (χ3n) is 6.26. The van der Waals surface area contributed by atoms with Gasteiger partial charge in [-0.1, -0.05) is 18.2 Å². The van der Waals surface area contributed by atoms with Gasteiger partial charge in [0.15, 0.2) is 0 Å². The molecule has 3 aromatic rings. The van der Waals surface area contributed by atoms with Crippen molar-refractivity contribution >= 4 is 28.4 Å². The summed E-state index contributed by atoms with van der Waals surface area (Å²) in [5.41, 5.74) is 7.14. The Morgan fingerprint density at radius 3 is 2.82 bits per heavy atom. The molecule has 0 bridgehead atoms. The molecule has 9 heteroatoms. The molecular formula is C25H24N4O5. The summed E-state index contributed by atoms with van der Waals surface area (Å²) < 4.78 is 6.02. The van der Waals surface area contributed by atoms with Gasteiger partial charge in [-0.25, -0.2) is 5.48 Å². The predicted molar refractivity (Wildman–Crippen MR) is 123 cm³/mol. The van der Waals surface area contributed by atoms with E-state index in [4.69, 9.17) is 14.8 Å². The van der Waals surface area contributed by atoms with E-state index in [0.29, 0.717) is 18.1 Å². The van der Waals surface area contributed by atoms with Crippen molar-refractivity contribution in [2.75, 3.05) is 13.6 Å². The second-order valence-corrected chi connectivity index (χ2v) is 8.52. The normalized spacial score (nSPS) is 21.6. The van der Waals surface area contributed by atoms with Crippen molar-refractivity contribution < 1.29 is 24.4 Å². The monoisotopic (exact) mass is 460 g/mol. The number of fused-ring (bicyclic) bond motifs is 1. The van der Waals surface area contributed by atoms with Crippen LogP contribution in [0, 0.1) is 12.8 Å². The van der Waals surface area contributed by atoms with E-state index in [-0.39, 0.29) is 12.5 Å². The van der Waals surface area contributed by atoms with Crippen molar-refractivity contribution in [1.82, 2.24) is 20.8 Å². The van der Waals surface area contributed by atoms with Crippen molar-refractivity contribution in [1.29, 1.82) is 0 Å². The van der Waals surface area contributed by atoms with Crippen LogP contribution < -0.4 is 15.7 Å². The zero-order chi connectivity index (χ0) is 23.9. The number of hydroxylamine groups is 2. The number of aromatic nitrogens is 1. The van der Waals surface area contributed by atoms with Gasteiger partial charge in [-0.05, 0) is 55.0 Å². The molecular weight excluding hydrogens is 436 g/mol. The molecule has 34 heavy (non-hydrogen) atoms. The molecule has 174 valence electrons. The van der Waals surface area contributed by atoms with Crippen LogP contribution >= 0.6 is 0 Å². The molecule has 2 aliphatic heterocycles. The van der Waals surface area contributed by atoms with Gasteiger partial charge in [-0.15, -0.1) is 0 Å². The Labute approximate surface area is 195 Å². The third kappa shape index (κ3) is 3.64. The van der Waals surface area contributed by atoms with E-state index in [1.807, 2.05) is 61.5 Å².